The SMILES string of the molecule is CCc1ccccc1Nc1ccc(NS(=O)(=O)c2ccc(F)cc2)nn1. The third-order valence-corrected chi connectivity index (χ3v) is 5.06. The molecule has 0 unspecified atom stereocenters. The largest absolute Gasteiger partial charge is 0.339 e. The van der Waals surface area contributed by atoms with Crippen LogP contribution < -0.4 is 10.0 Å². The minimum atomic E-state index is -3.85. The van der Waals surface area contributed by atoms with Gasteiger partial charge in [-0.15, -0.1) is 10.2 Å². The number of aryl methyl sites for hydroxylation is 1. The van der Waals surface area contributed by atoms with Crippen LogP contribution in [0, 0.1) is 5.82 Å². The van der Waals surface area contributed by atoms with Crippen molar-refractivity contribution in [3.8, 4) is 0 Å². The first-order chi connectivity index (χ1) is 12.5. The lowest BCUT2D eigenvalue weighted by Gasteiger charge is -2.10. The summed E-state index contributed by atoms with van der Waals surface area (Å²) >= 11 is 0. The number of anilines is 3. The summed E-state index contributed by atoms with van der Waals surface area (Å²) in [5, 5.41) is 11.0. The number of sulfonamides is 1. The minimum absolute atomic E-state index is 0.0558. The number of benzene rings is 2. The summed E-state index contributed by atoms with van der Waals surface area (Å²) in [4.78, 5) is -0.0558. The Labute approximate surface area is 151 Å². The second-order valence-corrected chi connectivity index (χ2v) is 7.18. The number of hydrogen-bond acceptors (Lipinski definition) is 5. The predicted octanol–water partition coefficient (Wildman–Crippen LogP) is 3.72. The van der Waals surface area contributed by atoms with E-state index in [1.54, 1.807) is 6.07 Å². The Morgan fingerprint density at radius 2 is 1.58 bits per heavy atom. The lowest BCUT2D eigenvalue weighted by molar-refractivity contribution is 0.599. The first-order valence-electron chi connectivity index (χ1n) is 7.95. The Bertz CT molecular complexity index is 990. The van der Waals surface area contributed by atoms with Gasteiger partial charge in [0.1, 0.15) is 5.82 Å². The third-order valence-electron chi connectivity index (χ3n) is 3.69. The fourth-order valence-corrected chi connectivity index (χ4v) is 3.35. The lowest BCUT2D eigenvalue weighted by atomic mass is 10.1. The molecule has 0 amide bonds. The van der Waals surface area contributed by atoms with Crippen LogP contribution in [0.4, 0.5) is 21.7 Å². The average Bonchev–Trinajstić information content (AvgIpc) is 2.64. The molecule has 0 aliphatic heterocycles. The molecule has 1 aromatic heterocycles. The van der Waals surface area contributed by atoms with Crippen molar-refractivity contribution in [2.24, 2.45) is 0 Å². The first-order valence-corrected chi connectivity index (χ1v) is 9.43. The van der Waals surface area contributed by atoms with Crippen molar-refractivity contribution in [2.45, 2.75) is 18.2 Å². The number of nitrogens with zero attached hydrogens (tertiary/aromatic N) is 2. The van der Waals surface area contributed by atoms with Crippen LogP contribution in [0.2, 0.25) is 0 Å². The number of halogens is 1. The highest BCUT2D eigenvalue weighted by molar-refractivity contribution is 7.92. The standard InChI is InChI=1S/C18H17FN4O2S/c1-2-13-5-3-4-6-16(13)20-17-11-12-18(22-21-17)23-26(24,25)15-9-7-14(19)8-10-15/h3-12H,2H2,1H3,(H,20,21)(H,22,23). The summed E-state index contributed by atoms with van der Waals surface area (Å²) in [5.74, 6) is 0.0609. The molecule has 1 heterocycles. The molecule has 0 radical (unpaired) electrons. The van der Waals surface area contributed by atoms with Crippen LogP contribution in [0.5, 0.6) is 0 Å². The van der Waals surface area contributed by atoms with Gasteiger partial charge >= 0.3 is 0 Å². The number of hydrogen-bond donors (Lipinski definition) is 2. The van der Waals surface area contributed by atoms with E-state index in [9.17, 15) is 12.8 Å². The van der Waals surface area contributed by atoms with Gasteiger partial charge in [0.25, 0.3) is 10.0 Å². The topological polar surface area (TPSA) is 84.0 Å². The molecule has 0 saturated heterocycles. The zero-order valence-corrected chi connectivity index (χ0v) is 14.8. The molecule has 0 aliphatic carbocycles. The third kappa shape index (κ3) is 4.15. The Kier molecular flexibility index (Phi) is 5.13. The van der Waals surface area contributed by atoms with E-state index in [0.29, 0.717) is 5.82 Å². The van der Waals surface area contributed by atoms with E-state index in [1.807, 2.05) is 24.3 Å². The van der Waals surface area contributed by atoms with Gasteiger partial charge in [-0.3, -0.25) is 4.72 Å². The van der Waals surface area contributed by atoms with Crippen LogP contribution in [-0.4, -0.2) is 18.6 Å². The van der Waals surface area contributed by atoms with Gasteiger partial charge in [0.15, 0.2) is 11.6 Å². The van der Waals surface area contributed by atoms with Crippen molar-refractivity contribution in [1.82, 2.24) is 10.2 Å². The van der Waals surface area contributed by atoms with E-state index in [4.69, 9.17) is 0 Å². The van der Waals surface area contributed by atoms with E-state index >= 15 is 0 Å². The highest BCUT2D eigenvalue weighted by Gasteiger charge is 2.15. The predicted molar refractivity (Wildman–Crippen MR) is 98.3 cm³/mol. The second kappa shape index (κ2) is 7.49. The van der Waals surface area contributed by atoms with Gasteiger partial charge in [0.05, 0.1) is 4.90 Å². The highest BCUT2D eigenvalue weighted by Crippen LogP contribution is 2.21. The Morgan fingerprint density at radius 1 is 0.923 bits per heavy atom. The maximum atomic E-state index is 12.9. The number of aromatic nitrogens is 2. The van der Waals surface area contributed by atoms with Crippen LogP contribution in [0.15, 0.2) is 65.6 Å². The van der Waals surface area contributed by atoms with E-state index in [0.717, 1.165) is 29.8 Å². The Morgan fingerprint density at radius 3 is 2.23 bits per heavy atom. The minimum Gasteiger partial charge on any atom is -0.339 e. The summed E-state index contributed by atoms with van der Waals surface area (Å²) in [6, 6.07) is 15.5. The van der Waals surface area contributed by atoms with E-state index in [1.165, 1.54) is 18.2 Å². The smallest absolute Gasteiger partial charge is 0.263 e. The van der Waals surface area contributed by atoms with Gasteiger partial charge in [0, 0.05) is 5.69 Å². The number of nitrogens with one attached hydrogen (secondary N) is 2. The van der Waals surface area contributed by atoms with E-state index < -0.39 is 15.8 Å². The second-order valence-electron chi connectivity index (χ2n) is 5.50. The molecule has 134 valence electrons. The molecule has 3 rings (SSSR count). The van der Waals surface area contributed by atoms with Crippen molar-refractivity contribution in [3.05, 3.63) is 72.0 Å². The van der Waals surface area contributed by atoms with Gasteiger partial charge in [-0.1, -0.05) is 25.1 Å². The van der Waals surface area contributed by atoms with Crippen molar-refractivity contribution >= 4 is 27.3 Å². The summed E-state index contributed by atoms with van der Waals surface area (Å²) in [5.41, 5.74) is 2.05. The average molecular weight is 372 g/mol. The summed E-state index contributed by atoms with van der Waals surface area (Å²) in [6.07, 6.45) is 0.867. The molecule has 2 aromatic carbocycles. The molecule has 0 saturated carbocycles. The van der Waals surface area contributed by atoms with Gasteiger partial charge in [-0.25, -0.2) is 12.8 Å². The molecular weight excluding hydrogens is 355 g/mol. The van der Waals surface area contributed by atoms with Crippen LogP contribution >= 0.6 is 0 Å². The molecule has 3 aromatic rings. The maximum Gasteiger partial charge on any atom is 0.263 e. The fourth-order valence-electron chi connectivity index (χ4n) is 2.35. The van der Waals surface area contributed by atoms with Gasteiger partial charge in [0.2, 0.25) is 0 Å². The normalized spacial score (nSPS) is 11.2. The zero-order valence-electron chi connectivity index (χ0n) is 14.0. The van der Waals surface area contributed by atoms with Crippen LogP contribution in [0.1, 0.15) is 12.5 Å². The quantitative estimate of drug-likeness (QED) is 0.689. The summed E-state index contributed by atoms with van der Waals surface area (Å²) in [6.45, 7) is 2.06. The van der Waals surface area contributed by atoms with Gasteiger partial charge < -0.3 is 5.32 Å². The lowest BCUT2D eigenvalue weighted by Crippen LogP contribution is -2.14. The Hall–Kier alpha value is -3.00. The van der Waals surface area contributed by atoms with Crippen molar-refractivity contribution in [2.75, 3.05) is 10.0 Å². The van der Waals surface area contributed by atoms with Gasteiger partial charge in [-0.05, 0) is 54.4 Å². The molecule has 0 bridgehead atoms. The van der Waals surface area contributed by atoms with Crippen molar-refractivity contribution in [1.29, 1.82) is 0 Å². The van der Waals surface area contributed by atoms with Crippen LogP contribution in [0.25, 0.3) is 0 Å². The summed E-state index contributed by atoms with van der Waals surface area (Å²) in [7, 11) is -3.85. The van der Waals surface area contributed by atoms with Crippen molar-refractivity contribution < 1.29 is 12.8 Å². The molecule has 8 heteroatoms. The fraction of sp³-hybridized carbons (Fsp3) is 0.111. The monoisotopic (exact) mass is 372 g/mol. The maximum absolute atomic E-state index is 12.9. The zero-order chi connectivity index (χ0) is 18.6. The van der Waals surface area contributed by atoms with E-state index in [2.05, 4.69) is 27.2 Å². The molecular formula is C18H17FN4O2S. The Balaban J connectivity index is 1.74. The van der Waals surface area contributed by atoms with Crippen molar-refractivity contribution in [3.63, 3.8) is 0 Å². The first kappa shape index (κ1) is 17.8. The van der Waals surface area contributed by atoms with Gasteiger partial charge in [-0.2, -0.15) is 0 Å². The molecule has 0 atom stereocenters. The summed E-state index contributed by atoms with van der Waals surface area (Å²) < 4.78 is 39.8. The molecule has 26 heavy (non-hydrogen) atoms. The van der Waals surface area contributed by atoms with Crippen LogP contribution in [0.3, 0.4) is 0 Å². The molecule has 0 aliphatic rings. The van der Waals surface area contributed by atoms with Crippen LogP contribution in [-0.2, 0) is 16.4 Å². The molecule has 0 spiro atoms. The highest BCUT2D eigenvalue weighted by atomic mass is 32.2. The number of para-hydroxylation sites is 1. The van der Waals surface area contributed by atoms with E-state index in [-0.39, 0.29) is 10.7 Å². The molecule has 0 fully saturated rings. The molecule has 2 N–H and O–H groups in total. The number of rotatable bonds is 6. The molecule has 6 nitrogen and oxygen atoms in total.